The molecule has 1 atom stereocenters. The van der Waals surface area contributed by atoms with E-state index in [-0.39, 0.29) is 17.5 Å². The second-order valence-corrected chi connectivity index (χ2v) is 6.43. The molecule has 118 valence electrons. The highest BCUT2D eigenvalue weighted by Gasteiger charge is 2.19. The molecule has 2 N–H and O–H groups in total. The Morgan fingerprint density at radius 3 is 2.39 bits per heavy atom. The van der Waals surface area contributed by atoms with Crippen molar-refractivity contribution < 1.29 is 0 Å². The summed E-state index contributed by atoms with van der Waals surface area (Å²) in [6.45, 7) is 4.10. The standard InChI is InChI=1S/C19H19ClN2O/c1-12(2)18(21)16-11-13-7-6-10-15(20)17(13)19(23)22(16)14-8-4-3-5-9-14/h3-12,18H,21H2,1-2H3. The summed E-state index contributed by atoms with van der Waals surface area (Å²) in [6, 6.07) is 16.8. The number of nitrogens with zero attached hydrogens (tertiary/aromatic N) is 1. The molecule has 0 saturated heterocycles. The van der Waals surface area contributed by atoms with Gasteiger partial charge in [-0.2, -0.15) is 0 Å². The third-order valence-corrected chi connectivity index (χ3v) is 4.41. The van der Waals surface area contributed by atoms with Crippen LogP contribution in [-0.2, 0) is 0 Å². The van der Waals surface area contributed by atoms with Gasteiger partial charge in [0, 0.05) is 17.4 Å². The lowest BCUT2D eigenvalue weighted by molar-refractivity contribution is 0.493. The lowest BCUT2D eigenvalue weighted by Crippen LogP contribution is -2.29. The van der Waals surface area contributed by atoms with Crippen LogP contribution in [0.5, 0.6) is 0 Å². The van der Waals surface area contributed by atoms with Crippen LogP contribution in [0.1, 0.15) is 25.6 Å². The molecule has 0 fully saturated rings. The average molecular weight is 327 g/mol. The normalized spacial score (nSPS) is 12.7. The number of fused-ring (bicyclic) bond motifs is 1. The molecule has 0 aliphatic rings. The Morgan fingerprint density at radius 2 is 1.74 bits per heavy atom. The monoisotopic (exact) mass is 326 g/mol. The number of halogens is 1. The SMILES string of the molecule is CC(C)C(N)c1cc2cccc(Cl)c2c(=O)n1-c1ccccc1. The van der Waals surface area contributed by atoms with Gasteiger partial charge in [-0.15, -0.1) is 0 Å². The number of hydrogen-bond donors (Lipinski definition) is 1. The smallest absolute Gasteiger partial charge is 0.264 e. The maximum absolute atomic E-state index is 13.1. The van der Waals surface area contributed by atoms with E-state index in [1.54, 1.807) is 10.6 Å². The fourth-order valence-electron chi connectivity index (χ4n) is 2.77. The lowest BCUT2D eigenvalue weighted by atomic mass is 9.98. The molecule has 4 heteroatoms. The van der Waals surface area contributed by atoms with Gasteiger partial charge >= 0.3 is 0 Å². The van der Waals surface area contributed by atoms with E-state index in [2.05, 4.69) is 0 Å². The first-order valence-electron chi connectivity index (χ1n) is 7.66. The van der Waals surface area contributed by atoms with E-state index < -0.39 is 0 Å². The molecule has 0 saturated carbocycles. The highest BCUT2D eigenvalue weighted by atomic mass is 35.5. The van der Waals surface area contributed by atoms with Crippen molar-refractivity contribution in [1.29, 1.82) is 0 Å². The van der Waals surface area contributed by atoms with E-state index in [1.165, 1.54) is 0 Å². The van der Waals surface area contributed by atoms with E-state index in [4.69, 9.17) is 17.3 Å². The molecule has 0 aliphatic carbocycles. The fourth-order valence-corrected chi connectivity index (χ4v) is 3.03. The number of hydrogen-bond acceptors (Lipinski definition) is 2. The predicted octanol–water partition coefficient (Wildman–Crippen LogP) is 4.30. The Bertz CT molecular complexity index is 900. The highest BCUT2D eigenvalue weighted by molar-refractivity contribution is 6.35. The van der Waals surface area contributed by atoms with Crippen LogP contribution in [0.15, 0.2) is 59.4 Å². The molecule has 2 aromatic carbocycles. The lowest BCUT2D eigenvalue weighted by Gasteiger charge is -2.22. The second kappa shape index (κ2) is 6.19. The van der Waals surface area contributed by atoms with Gasteiger partial charge in [0.2, 0.25) is 0 Å². The van der Waals surface area contributed by atoms with Crippen molar-refractivity contribution in [3.8, 4) is 5.69 Å². The van der Waals surface area contributed by atoms with Crippen molar-refractivity contribution in [3.05, 3.63) is 75.7 Å². The quantitative estimate of drug-likeness (QED) is 0.780. The number of benzene rings is 2. The topological polar surface area (TPSA) is 48.0 Å². The van der Waals surface area contributed by atoms with Gasteiger partial charge in [-0.25, -0.2) is 0 Å². The van der Waals surface area contributed by atoms with E-state index in [9.17, 15) is 4.79 Å². The molecule has 1 heterocycles. The summed E-state index contributed by atoms with van der Waals surface area (Å²) in [5, 5.41) is 1.81. The minimum absolute atomic E-state index is 0.134. The highest BCUT2D eigenvalue weighted by Crippen LogP contribution is 2.27. The summed E-state index contributed by atoms with van der Waals surface area (Å²) in [4.78, 5) is 13.1. The zero-order valence-corrected chi connectivity index (χ0v) is 13.9. The maximum Gasteiger partial charge on any atom is 0.264 e. The third-order valence-electron chi connectivity index (χ3n) is 4.10. The van der Waals surface area contributed by atoms with E-state index in [0.29, 0.717) is 10.4 Å². The van der Waals surface area contributed by atoms with Crippen LogP contribution in [0.2, 0.25) is 5.02 Å². The maximum atomic E-state index is 13.1. The van der Waals surface area contributed by atoms with Crippen molar-refractivity contribution in [1.82, 2.24) is 4.57 Å². The third kappa shape index (κ3) is 2.78. The Hall–Kier alpha value is -2.10. The molecule has 1 aromatic heterocycles. The van der Waals surface area contributed by atoms with Crippen LogP contribution in [0.3, 0.4) is 0 Å². The predicted molar refractivity (Wildman–Crippen MR) is 96.3 cm³/mol. The number of pyridine rings is 1. The van der Waals surface area contributed by atoms with Gasteiger partial charge in [-0.05, 0) is 35.6 Å². The molecular weight excluding hydrogens is 308 g/mol. The number of rotatable bonds is 3. The minimum Gasteiger partial charge on any atom is -0.323 e. The largest absolute Gasteiger partial charge is 0.323 e. The van der Waals surface area contributed by atoms with Gasteiger partial charge < -0.3 is 5.73 Å². The van der Waals surface area contributed by atoms with E-state index in [0.717, 1.165) is 16.8 Å². The first-order chi connectivity index (χ1) is 11.0. The Kier molecular flexibility index (Phi) is 4.24. The van der Waals surface area contributed by atoms with Crippen LogP contribution < -0.4 is 11.3 Å². The molecule has 0 bridgehead atoms. The first kappa shape index (κ1) is 15.8. The minimum atomic E-state index is -0.244. The average Bonchev–Trinajstić information content (AvgIpc) is 2.54. The zero-order valence-electron chi connectivity index (χ0n) is 13.2. The molecule has 0 amide bonds. The summed E-state index contributed by atoms with van der Waals surface area (Å²) < 4.78 is 1.68. The van der Waals surface area contributed by atoms with E-state index >= 15 is 0 Å². The summed E-state index contributed by atoms with van der Waals surface area (Å²) >= 11 is 6.27. The summed E-state index contributed by atoms with van der Waals surface area (Å²) in [5.41, 5.74) is 7.84. The van der Waals surface area contributed by atoms with Crippen molar-refractivity contribution in [3.63, 3.8) is 0 Å². The molecule has 23 heavy (non-hydrogen) atoms. The summed E-state index contributed by atoms with van der Waals surface area (Å²) in [5.74, 6) is 0.209. The van der Waals surface area contributed by atoms with Crippen molar-refractivity contribution in [2.75, 3.05) is 0 Å². The first-order valence-corrected chi connectivity index (χ1v) is 8.03. The number of para-hydroxylation sites is 1. The van der Waals surface area contributed by atoms with Crippen LogP contribution in [-0.4, -0.2) is 4.57 Å². The van der Waals surface area contributed by atoms with Gasteiger partial charge in [-0.1, -0.05) is 55.8 Å². The molecule has 0 aliphatic heterocycles. The molecular formula is C19H19ClN2O. The van der Waals surface area contributed by atoms with Crippen LogP contribution in [0.4, 0.5) is 0 Å². The van der Waals surface area contributed by atoms with E-state index in [1.807, 2.05) is 62.4 Å². The van der Waals surface area contributed by atoms with Crippen LogP contribution in [0.25, 0.3) is 16.5 Å². The Balaban J connectivity index is 2.43. The van der Waals surface area contributed by atoms with Gasteiger partial charge in [0.05, 0.1) is 10.4 Å². The van der Waals surface area contributed by atoms with Crippen molar-refractivity contribution in [2.45, 2.75) is 19.9 Å². The van der Waals surface area contributed by atoms with Crippen LogP contribution in [0, 0.1) is 5.92 Å². The second-order valence-electron chi connectivity index (χ2n) is 6.02. The molecule has 3 nitrogen and oxygen atoms in total. The molecule has 3 aromatic rings. The summed E-state index contributed by atoms with van der Waals surface area (Å²) in [6.07, 6.45) is 0. The van der Waals surface area contributed by atoms with Gasteiger partial charge in [0.25, 0.3) is 5.56 Å². The summed E-state index contributed by atoms with van der Waals surface area (Å²) in [7, 11) is 0. The molecule has 3 rings (SSSR count). The van der Waals surface area contributed by atoms with Gasteiger partial charge in [0.1, 0.15) is 0 Å². The molecule has 1 unspecified atom stereocenters. The zero-order chi connectivity index (χ0) is 16.6. The number of nitrogens with two attached hydrogens (primary N) is 1. The fraction of sp³-hybridized carbons (Fsp3) is 0.211. The number of aromatic nitrogens is 1. The van der Waals surface area contributed by atoms with Gasteiger partial charge in [0.15, 0.2) is 0 Å². The molecule has 0 spiro atoms. The van der Waals surface area contributed by atoms with Crippen LogP contribution >= 0.6 is 11.6 Å². The van der Waals surface area contributed by atoms with Crippen molar-refractivity contribution in [2.24, 2.45) is 11.7 Å². The Labute approximate surface area is 140 Å². The Morgan fingerprint density at radius 1 is 1.04 bits per heavy atom. The molecule has 0 radical (unpaired) electrons. The van der Waals surface area contributed by atoms with Gasteiger partial charge in [-0.3, -0.25) is 9.36 Å². The van der Waals surface area contributed by atoms with Crippen molar-refractivity contribution >= 4 is 22.4 Å².